The quantitative estimate of drug-likeness (QED) is 0.833. The Morgan fingerprint density at radius 1 is 1.07 bits per heavy atom. The van der Waals surface area contributed by atoms with Crippen LogP contribution in [0.5, 0.6) is 0 Å². The Morgan fingerprint density at radius 3 is 2.27 bits per heavy atom. The second kappa shape index (κ2) is 3.62. The minimum atomic E-state index is -0.316. The lowest BCUT2D eigenvalue weighted by atomic mass is 9.90. The highest BCUT2D eigenvalue weighted by atomic mass is 79.9. The van der Waals surface area contributed by atoms with Gasteiger partial charge >= 0.3 is 0 Å². The summed E-state index contributed by atoms with van der Waals surface area (Å²) in [6, 6.07) is 12.5. The molecule has 0 aliphatic rings. The van der Waals surface area contributed by atoms with Crippen LogP contribution in [0.2, 0.25) is 0 Å². The molecule has 0 radical (unpaired) electrons. The van der Waals surface area contributed by atoms with Crippen LogP contribution in [0.25, 0.3) is 10.8 Å². The van der Waals surface area contributed by atoms with Crippen molar-refractivity contribution < 1.29 is 0 Å². The molecule has 0 saturated carbocycles. The molecule has 2 N–H and O–H groups in total. The molecule has 0 fully saturated rings. The SMILES string of the molecule is CC(C)(N)c1cccc2cccc(Br)c12. The zero-order chi connectivity index (χ0) is 11.1. The lowest BCUT2D eigenvalue weighted by Gasteiger charge is -2.22. The van der Waals surface area contributed by atoms with Crippen LogP contribution in [0, 0.1) is 0 Å². The normalized spacial score (nSPS) is 12.0. The van der Waals surface area contributed by atoms with Gasteiger partial charge in [-0.1, -0.05) is 46.3 Å². The molecule has 2 aromatic rings. The van der Waals surface area contributed by atoms with Gasteiger partial charge in [-0.3, -0.25) is 0 Å². The lowest BCUT2D eigenvalue weighted by molar-refractivity contribution is 0.559. The van der Waals surface area contributed by atoms with Crippen molar-refractivity contribution >= 4 is 26.7 Å². The fraction of sp³-hybridized carbons (Fsp3) is 0.231. The second-order valence-corrected chi connectivity index (χ2v) is 5.22. The van der Waals surface area contributed by atoms with Gasteiger partial charge in [-0.2, -0.15) is 0 Å². The van der Waals surface area contributed by atoms with E-state index in [0.717, 1.165) is 4.47 Å². The summed E-state index contributed by atoms with van der Waals surface area (Å²) < 4.78 is 1.11. The van der Waals surface area contributed by atoms with Crippen LogP contribution in [0.15, 0.2) is 40.9 Å². The van der Waals surface area contributed by atoms with Crippen LogP contribution in [-0.2, 0) is 5.54 Å². The molecule has 2 aromatic carbocycles. The maximum Gasteiger partial charge on any atom is 0.0359 e. The van der Waals surface area contributed by atoms with Gasteiger partial charge in [0.15, 0.2) is 0 Å². The molecule has 0 spiro atoms. The lowest BCUT2D eigenvalue weighted by Crippen LogP contribution is -2.28. The van der Waals surface area contributed by atoms with E-state index in [1.165, 1.54) is 16.3 Å². The monoisotopic (exact) mass is 263 g/mol. The number of hydrogen-bond donors (Lipinski definition) is 1. The van der Waals surface area contributed by atoms with Gasteiger partial charge < -0.3 is 5.73 Å². The number of fused-ring (bicyclic) bond motifs is 1. The smallest absolute Gasteiger partial charge is 0.0359 e. The zero-order valence-corrected chi connectivity index (χ0v) is 10.5. The van der Waals surface area contributed by atoms with Gasteiger partial charge in [0.2, 0.25) is 0 Å². The molecular formula is C13H14BrN. The maximum absolute atomic E-state index is 6.17. The summed E-state index contributed by atoms with van der Waals surface area (Å²) in [5.74, 6) is 0. The summed E-state index contributed by atoms with van der Waals surface area (Å²) in [5, 5.41) is 2.44. The molecule has 78 valence electrons. The first kappa shape index (κ1) is 10.7. The first-order valence-corrected chi connectivity index (χ1v) is 5.76. The third-order valence-corrected chi connectivity index (χ3v) is 3.21. The van der Waals surface area contributed by atoms with E-state index in [4.69, 9.17) is 5.73 Å². The molecular weight excluding hydrogens is 250 g/mol. The predicted molar refractivity (Wildman–Crippen MR) is 68.9 cm³/mol. The summed E-state index contributed by atoms with van der Waals surface area (Å²) >= 11 is 3.58. The Labute approximate surface area is 98.4 Å². The van der Waals surface area contributed by atoms with Crippen molar-refractivity contribution in [1.29, 1.82) is 0 Å². The van der Waals surface area contributed by atoms with E-state index in [-0.39, 0.29) is 5.54 Å². The average Bonchev–Trinajstić information content (AvgIpc) is 2.16. The second-order valence-electron chi connectivity index (χ2n) is 4.37. The number of nitrogens with two attached hydrogens (primary N) is 1. The number of benzene rings is 2. The molecule has 0 atom stereocenters. The van der Waals surface area contributed by atoms with Crippen LogP contribution in [-0.4, -0.2) is 0 Å². The summed E-state index contributed by atoms with van der Waals surface area (Å²) in [5.41, 5.74) is 7.03. The summed E-state index contributed by atoms with van der Waals surface area (Å²) in [6.07, 6.45) is 0. The van der Waals surface area contributed by atoms with Gasteiger partial charge in [-0.05, 0) is 30.9 Å². The first-order valence-electron chi connectivity index (χ1n) is 4.97. The van der Waals surface area contributed by atoms with Crippen molar-refractivity contribution in [1.82, 2.24) is 0 Å². The van der Waals surface area contributed by atoms with Crippen molar-refractivity contribution in [2.75, 3.05) is 0 Å². The molecule has 0 amide bonds. The Balaban J connectivity index is 2.86. The molecule has 0 aromatic heterocycles. The fourth-order valence-corrected chi connectivity index (χ4v) is 2.43. The highest BCUT2D eigenvalue weighted by Gasteiger charge is 2.17. The van der Waals surface area contributed by atoms with Gasteiger partial charge in [0.25, 0.3) is 0 Å². The molecule has 2 heteroatoms. The highest BCUT2D eigenvalue weighted by Crippen LogP contribution is 2.32. The van der Waals surface area contributed by atoms with Gasteiger partial charge in [-0.15, -0.1) is 0 Å². The zero-order valence-electron chi connectivity index (χ0n) is 8.92. The number of halogens is 1. The van der Waals surface area contributed by atoms with Gasteiger partial charge in [0.05, 0.1) is 0 Å². The van der Waals surface area contributed by atoms with E-state index in [1.54, 1.807) is 0 Å². The Kier molecular flexibility index (Phi) is 2.57. The minimum Gasteiger partial charge on any atom is -0.322 e. The molecule has 15 heavy (non-hydrogen) atoms. The molecule has 1 nitrogen and oxygen atoms in total. The Morgan fingerprint density at radius 2 is 1.67 bits per heavy atom. The summed E-state index contributed by atoms with van der Waals surface area (Å²) in [4.78, 5) is 0. The van der Waals surface area contributed by atoms with E-state index in [2.05, 4.69) is 46.3 Å². The van der Waals surface area contributed by atoms with Crippen molar-refractivity contribution in [3.63, 3.8) is 0 Å². The van der Waals surface area contributed by atoms with E-state index in [1.807, 2.05) is 19.9 Å². The molecule has 0 heterocycles. The molecule has 0 aliphatic heterocycles. The molecule has 0 bridgehead atoms. The standard InChI is InChI=1S/C13H14BrN/c1-13(2,15)10-7-3-5-9-6-4-8-11(14)12(9)10/h3-8H,15H2,1-2H3. The Bertz CT molecular complexity index is 492. The first-order chi connectivity index (χ1) is 7.00. The van der Waals surface area contributed by atoms with Crippen molar-refractivity contribution in [2.24, 2.45) is 5.73 Å². The fourth-order valence-electron chi connectivity index (χ4n) is 1.83. The average molecular weight is 264 g/mol. The third-order valence-electron chi connectivity index (χ3n) is 2.55. The molecule has 0 unspecified atom stereocenters. The molecule has 2 rings (SSSR count). The van der Waals surface area contributed by atoms with Gasteiger partial charge in [0.1, 0.15) is 0 Å². The van der Waals surface area contributed by atoms with Crippen LogP contribution in [0.3, 0.4) is 0 Å². The topological polar surface area (TPSA) is 26.0 Å². The maximum atomic E-state index is 6.17. The van der Waals surface area contributed by atoms with E-state index < -0.39 is 0 Å². The van der Waals surface area contributed by atoms with Gasteiger partial charge in [-0.25, -0.2) is 0 Å². The van der Waals surface area contributed by atoms with Crippen LogP contribution < -0.4 is 5.73 Å². The van der Waals surface area contributed by atoms with E-state index in [9.17, 15) is 0 Å². The van der Waals surface area contributed by atoms with Gasteiger partial charge in [0, 0.05) is 15.4 Å². The van der Waals surface area contributed by atoms with Crippen molar-refractivity contribution in [3.8, 4) is 0 Å². The third kappa shape index (κ3) is 1.92. The van der Waals surface area contributed by atoms with E-state index in [0.29, 0.717) is 0 Å². The number of hydrogen-bond acceptors (Lipinski definition) is 1. The summed E-state index contributed by atoms with van der Waals surface area (Å²) in [7, 11) is 0. The van der Waals surface area contributed by atoms with Crippen molar-refractivity contribution in [2.45, 2.75) is 19.4 Å². The largest absolute Gasteiger partial charge is 0.322 e. The van der Waals surface area contributed by atoms with Crippen LogP contribution in [0.4, 0.5) is 0 Å². The number of rotatable bonds is 1. The minimum absolute atomic E-state index is 0.316. The molecule has 0 saturated heterocycles. The Hall–Kier alpha value is -0.860. The van der Waals surface area contributed by atoms with Crippen molar-refractivity contribution in [3.05, 3.63) is 46.4 Å². The summed E-state index contributed by atoms with van der Waals surface area (Å²) in [6.45, 7) is 4.06. The van der Waals surface area contributed by atoms with Crippen LogP contribution in [0.1, 0.15) is 19.4 Å². The van der Waals surface area contributed by atoms with E-state index >= 15 is 0 Å². The molecule has 0 aliphatic carbocycles. The highest BCUT2D eigenvalue weighted by molar-refractivity contribution is 9.10. The van der Waals surface area contributed by atoms with Crippen LogP contribution >= 0.6 is 15.9 Å². The predicted octanol–water partition coefficient (Wildman–Crippen LogP) is 3.80.